The Morgan fingerprint density at radius 1 is 1.36 bits per heavy atom. The fourth-order valence-corrected chi connectivity index (χ4v) is 0.947. The second kappa shape index (κ2) is 19.9. The third-order valence-corrected chi connectivity index (χ3v) is 1.84. The van der Waals surface area contributed by atoms with Crippen LogP contribution in [0.4, 0.5) is 0 Å². The van der Waals surface area contributed by atoms with E-state index in [1.54, 1.807) is 0 Å². The number of carbonyl (C=O) groups excluding carboxylic acids is 2. The molecule has 0 heterocycles. The van der Waals surface area contributed by atoms with Crippen LogP contribution in [-0.4, -0.2) is 43.8 Å². The first-order valence-corrected chi connectivity index (χ1v) is 6.16. The van der Waals surface area contributed by atoms with Crippen molar-refractivity contribution in [1.82, 2.24) is 10.6 Å². The molecule has 3 N–H and O–H groups in total. The van der Waals surface area contributed by atoms with Gasteiger partial charge in [0, 0.05) is 6.61 Å². The van der Waals surface area contributed by atoms with Gasteiger partial charge in [-0.05, 0) is 13.8 Å². The number of rotatable bonds is 6. The number of ether oxygens (including phenoxy) is 1. The van der Waals surface area contributed by atoms with E-state index in [1.807, 2.05) is 25.1 Å². The smallest absolute Gasteiger partial charge is 0.290 e. The first-order valence-electron chi connectivity index (χ1n) is 6.16. The van der Waals surface area contributed by atoms with Crippen molar-refractivity contribution < 1.29 is 24.2 Å². The minimum Gasteiger partial charge on any atom is -0.522 e. The van der Waals surface area contributed by atoms with Crippen molar-refractivity contribution in [2.75, 3.05) is 19.9 Å². The van der Waals surface area contributed by atoms with Crippen molar-refractivity contribution in [1.29, 1.82) is 0 Å². The van der Waals surface area contributed by atoms with Crippen molar-refractivity contribution in [2.24, 2.45) is 0 Å². The van der Waals surface area contributed by atoms with E-state index in [9.17, 15) is 9.59 Å². The Balaban J connectivity index is -0.000000281. The summed E-state index contributed by atoms with van der Waals surface area (Å²) in [5.41, 5.74) is 1.32. The van der Waals surface area contributed by atoms with Gasteiger partial charge < -0.3 is 25.3 Å². The van der Waals surface area contributed by atoms with Gasteiger partial charge in [0.2, 0.25) is 5.91 Å². The van der Waals surface area contributed by atoms with Crippen LogP contribution in [0.5, 0.6) is 0 Å². The summed E-state index contributed by atoms with van der Waals surface area (Å²) in [7, 11) is 0. The number of nitrogens with one attached hydrogen (secondary N) is 2. The molecule has 0 unspecified atom stereocenters. The van der Waals surface area contributed by atoms with Crippen LogP contribution in [0.2, 0.25) is 0 Å². The fourth-order valence-electron chi connectivity index (χ4n) is 0.947. The largest absolute Gasteiger partial charge is 0.522 e. The van der Waals surface area contributed by atoms with Gasteiger partial charge in [-0.1, -0.05) is 35.9 Å². The molecule has 0 aromatic heterocycles. The number of benzene rings is 1. The van der Waals surface area contributed by atoms with E-state index in [4.69, 9.17) is 14.6 Å². The summed E-state index contributed by atoms with van der Waals surface area (Å²) in [5.74, 6) is -0.290. The van der Waals surface area contributed by atoms with Crippen LogP contribution in [0, 0.1) is 6.92 Å². The van der Waals surface area contributed by atoms with Crippen LogP contribution in [0.1, 0.15) is 12.5 Å². The molecule has 0 radical (unpaired) electrons. The molecule has 0 aliphatic heterocycles. The normalized spacial score (nSPS) is 7.73. The van der Waals surface area contributed by atoms with Crippen LogP contribution in [-0.2, 0) is 19.1 Å². The number of aryl methyl sites for hydroxylation is 1. The molecule has 0 fully saturated rings. The molecule has 0 aliphatic rings. The van der Waals surface area contributed by atoms with Gasteiger partial charge in [-0.15, -0.1) is 0 Å². The molecule has 1 aromatic rings. The van der Waals surface area contributed by atoms with E-state index < -0.39 is 0 Å². The summed E-state index contributed by atoms with van der Waals surface area (Å²) in [5, 5.41) is 11.4. The molecule has 8 heteroatoms. The molecule has 0 saturated heterocycles. The summed E-state index contributed by atoms with van der Waals surface area (Å²) >= 11 is 0. The Bertz CT molecular complexity index is 377. The first-order chi connectivity index (χ1) is 10.1. The Morgan fingerprint density at radius 3 is 2.27 bits per heavy atom. The van der Waals surface area contributed by atoms with Gasteiger partial charge in [-0.25, -0.2) is 0 Å². The molecule has 7 nitrogen and oxygen atoms in total. The molecule has 0 atom stereocenters. The zero-order valence-electron chi connectivity index (χ0n) is 12.5. The molecule has 2 amide bonds. The quantitative estimate of drug-likeness (QED) is 0.156. The van der Waals surface area contributed by atoms with Crippen LogP contribution in [0.25, 0.3) is 0 Å². The number of carbonyl (C=O) groups is 2. The molecule has 0 saturated carbocycles. The molecule has 1 aromatic carbocycles. The summed E-state index contributed by atoms with van der Waals surface area (Å²) in [6.45, 7) is 4.32. The zero-order chi connectivity index (χ0) is 16.3. The van der Waals surface area contributed by atoms with Gasteiger partial charge >= 0.3 is 0 Å². The van der Waals surface area contributed by atoms with E-state index >= 15 is 0 Å². The molecule has 0 bridgehead atoms. The second-order valence-electron chi connectivity index (χ2n) is 3.45. The molecular weight excluding hydrogens is 533 g/mol. The van der Waals surface area contributed by atoms with E-state index in [-0.39, 0.29) is 25.7 Å². The topological polar surface area (TPSA) is 105 Å². The monoisotopic (exact) mass is 554 g/mol. The number of amides is 2. The standard InChI is InChI=1S/C7H8.C6H11N2O3.CH2O2.Fm/c1-7-5-3-2-4-6-7;1-2-11-5-8-6(10)3-7-4-9;2-1-3;/h2-6H,1H3;2-3,5H2,1H3,(H,7,9)(H,8,10);1H,(H,2,3);/q;-1;;. The molecule has 0 aliphatic carbocycles. The Morgan fingerprint density at radius 2 is 1.91 bits per heavy atom. The summed E-state index contributed by atoms with van der Waals surface area (Å²) < 4.78 is 4.83. The van der Waals surface area contributed by atoms with Gasteiger partial charge in [0.1, 0.15) is 6.73 Å². The third kappa shape index (κ3) is 21.8. The van der Waals surface area contributed by atoms with Crippen LogP contribution < -0.4 is 10.6 Å². The van der Waals surface area contributed by atoms with Gasteiger partial charge in [0.25, 0.3) is 6.47 Å². The number of carboxylic acid groups (broad SMARTS) is 1. The van der Waals surface area contributed by atoms with Crippen molar-refractivity contribution in [3.63, 3.8) is 0 Å². The molecule has 0 spiro atoms. The van der Waals surface area contributed by atoms with E-state index in [0.717, 1.165) is 0 Å². The second-order valence-corrected chi connectivity index (χ2v) is 3.45. The van der Waals surface area contributed by atoms with Crippen LogP contribution in [0.3, 0.4) is 0 Å². The van der Waals surface area contributed by atoms with Crippen molar-refractivity contribution >= 4 is 18.8 Å². The van der Waals surface area contributed by atoms with E-state index in [1.165, 1.54) is 12.0 Å². The maximum atomic E-state index is 10.6. The van der Waals surface area contributed by atoms with Gasteiger partial charge in [-0.2, -0.15) is 6.41 Å². The van der Waals surface area contributed by atoms with Crippen molar-refractivity contribution in [3.8, 4) is 0 Å². The summed E-state index contributed by atoms with van der Waals surface area (Å²) in [6.07, 6.45) is 1.39. The van der Waals surface area contributed by atoms with Gasteiger partial charge in [0.15, 0.2) is 0 Å². The van der Waals surface area contributed by atoms with E-state index in [2.05, 4.69) is 29.7 Å². The van der Waals surface area contributed by atoms with Gasteiger partial charge in [0.05, 0.1) is 6.54 Å². The van der Waals surface area contributed by atoms with Crippen molar-refractivity contribution in [2.45, 2.75) is 13.8 Å². The third-order valence-electron chi connectivity index (χ3n) is 1.84. The molecule has 130 valence electrons. The fraction of sp³-hybridized carbons (Fsp3) is 0.357. The van der Waals surface area contributed by atoms with Gasteiger partial charge in [-0.3, -0.25) is 9.59 Å². The Hall–Kier alpha value is -3.41. The summed E-state index contributed by atoms with van der Waals surface area (Å²) in [6, 6.07) is 10.3. The van der Waals surface area contributed by atoms with Crippen LogP contribution >= 0.6 is 0 Å². The predicted octanol–water partition coefficient (Wildman–Crippen LogP) is 0.449. The minimum atomic E-state index is -0.290. The predicted molar refractivity (Wildman–Crippen MR) is 78.2 cm³/mol. The average molecular weight is 554 g/mol. The Kier molecular flexibility index (Phi) is 21.4. The molecule has 1 rings (SSSR count). The average Bonchev–Trinajstić information content (AvgIpc) is 2.48. The number of hydrogen-bond donors (Lipinski definition) is 3. The zero-order valence-corrected chi connectivity index (χ0v) is 14.9. The van der Waals surface area contributed by atoms with E-state index in [0.29, 0.717) is 6.61 Å². The number of hydrogen-bond acceptors (Lipinski definition) is 4. The minimum absolute atomic E-state index is 0. The maximum absolute atomic E-state index is 10.6. The molecule has 22 heavy (non-hydrogen) atoms. The Labute approximate surface area is 124 Å². The molecular formula is C14H21FmN2O5-. The first kappa shape index (κ1) is 23.7. The summed E-state index contributed by atoms with van der Waals surface area (Å²) in [4.78, 5) is 28.6. The maximum Gasteiger partial charge on any atom is 0.290 e. The van der Waals surface area contributed by atoms with Crippen LogP contribution in [0.15, 0.2) is 30.3 Å². The van der Waals surface area contributed by atoms with Crippen molar-refractivity contribution in [3.05, 3.63) is 35.9 Å². The SMILES string of the molecule is CCOCNC(=O)CN[C-]=O.Cc1ccccc1.O=CO.[Fm].